The van der Waals surface area contributed by atoms with Gasteiger partial charge in [-0.2, -0.15) is 4.98 Å². The zero-order valence-corrected chi connectivity index (χ0v) is 20.3. The Labute approximate surface area is 204 Å². The topological polar surface area (TPSA) is 105 Å². The third-order valence-electron chi connectivity index (χ3n) is 6.21. The van der Waals surface area contributed by atoms with Crippen molar-refractivity contribution in [3.05, 3.63) is 39.7 Å². The van der Waals surface area contributed by atoms with Gasteiger partial charge in [-0.25, -0.2) is 15.0 Å². The van der Waals surface area contributed by atoms with E-state index in [1.54, 1.807) is 6.20 Å². The predicted molar refractivity (Wildman–Crippen MR) is 132 cm³/mol. The van der Waals surface area contributed by atoms with Crippen LogP contribution in [0.25, 0.3) is 21.1 Å². The molecule has 6 rings (SSSR count). The number of thiophene rings is 1. The highest BCUT2D eigenvalue weighted by molar-refractivity contribution is 7.21. The van der Waals surface area contributed by atoms with Crippen LogP contribution in [0.1, 0.15) is 27.9 Å². The van der Waals surface area contributed by atoms with Gasteiger partial charge < -0.3 is 20.3 Å². The summed E-state index contributed by atoms with van der Waals surface area (Å²) in [7, 11) is 2.08. The molecule has 0 bridgehead atoms. The van der Waals surface area contributed by atoms with Crippen molar-refractivity contribution in [3.63, 3.8) is 0 Å². The summed E-state index contributed by atoms with van der Waals surface area (Å²) in [6.07, 6.45) is 3.15. The number of aromatic nitrogens is 4. The highest BCUT2D eigenvalue weighted by Crippen LogP contribution is 2.40. The second-order valence-electron chi connectivity index (χ2n) is 8.70. The van der Waals surface area contributed by atoms with Crippen molar-refractivity contribution in [2.24, 2.45) is 0 Å². The number of halogens is 1. The lowest BCUT2D eigenvalue weighted by atomic mass is 10.1. The smallest absolute Gasteiger partial charge is 0.263 e. The molecule has 0 saturated carbocycles. The van der Waals surface area contributed by atoms with E-state index >= 15 is 0 Å². The third-order valence-corrected chi connectivity index (χ3v) is 7.54. The first-order valence-electron chi connectivity index (χ1n) is 11.1. The molecule has 9 nitrogen and oxygen atoms in total. The Morgan fingerprint density at radius 1 is 1.21 bits per heavy atom. The number of likely N-dealkylation sites (N-methyl/N-ethyl adjacent to an activating group) is 1. The quantitative estimate of drug-likeness (QED) is 0.406. The van der Waals surface area contributed by atoms with Crippen LogP contribution < -0.4 is 15.4 Å². The minimum Gasteiger partial charge on any atom is -0.419 e. The molecule has 174 valence electrons. The van der Waals surface area contributed by atoms with E-state index in [0.29, 0.717) is 28.7 Å². The third kappa shape index (κ3) is 3.71. The molecule has 5 heterocycles. The minimum absolute atomic E-state index is 0.0396. The fraction of sp³-hybridized carbons (Fsp3) is 0.348. The van der Waals surface area contributed by atoms with Gasteiger partial charge in [0.2, 0.25) is 17.0 Å². The highest BCUT2D eigenvalue weighted by Gasteiger charge is 2.26. The van der Waals surface area contributed by atoms with Crippen LogP contribution in [0.4, 0.5) is 5.69 Å². The number of fused-ring (bicyclic) bond motifs is 6. The van der Waals surface area contributed by atoms with E-state index in [1.165, 1.54) is 11.3 Å². The number of nitrogens with one attached hydrogen (secondary N) is 2. The van der Waals surface area contributed by atoms with Crippen LogP contribution in [0.5, 0.6) is 11.8 Å². The van der Waals surface area contributed by atoms with Crippen molar-refractivity contribution in [3.8, 4) is 11.8 Å². The van der Waals surface area contributed by atoms with Crippen molar-refractivity contribution in [2.45, 2.75) is 25.8 Å². The monoisotopic (exact) mass is 495 g/mol. The molecule has 3 aromatic heterocycles. The maximum Gasteiger partial charge on any atom is 0.263 e. The van der Waals surface area contributed by atoms with Crippen molar-refractivity contribution in [1.29, 1.82) is 0 Å². The van der Waals surface area contributed by atoms with Gasteiger partial charge >= 0.3 is 0 Å². The lowest BCUT2D eigenvalue weighted by molar-refractivity contribution is 0.0949. The maximum absolute atomic E-state index is 12.6. The number of hydrogen-bond donors (Lipinski definition) is 2. The van der Waals surface area contributed by atoms with Crippen molar-refractivity contribution in [2.75, 3.05) is 32.0 Å². The molecule has 0 unspecified atom stereocenters. The summed E-state index contributed by atoms with van der Waals surface area (Å²) >= 11 is 7.65. The Morgan fingerprint density at radius 3 is 2.94 bits per heavy atom. The Bertz CT molecular complexity index is 1460. The summed E-state index contributed by atoms with van der Waals surface area (Å²) in [6, 6.07) is 3.91. The van der Waals surface area contributed by atoms with Crippen LogP contribution in [0.2, 0.25) is 5.28 Å². The Hall–Kier alpha value is -3.08. The predicted octanol–water partition coefficient (Wildman–Crippen LogP) is 3.65. The number of amides is 1. The van der Waals surface area contributed by atoms with Crippen LogP contribution in [-0.4, -0.2) is 63.5 Å². The molecule has 0 aliphatic carbocycles. The zero-order valence-electron chi connectivity index (χ0n) is 18.7. The standard InChI is InChI=1S/C23H22ClN7O2S/c1-11-9-25-19-17-15(34-20(19)21(32)27-11)4-3-14-18(17)26-10-16(28-14)33-22-12-5-7-31(2)8-6-13(12)29-23(24)30-22/h3-4,10-11,25H,5-9H2,1-2H3,(H,27,32)/t11-/m1/s1. The molecular weight excluding hydrogens is 474 g/mol. The number of benzene rings is 1. The highest BCUT2D eigenvalue weighted by atomic mass is 35.5. The Balaban J connectivity index is 1.41. The molecule has 34 heavy (non-hydrogen) atoms. The van der Waals surface area contributed by atoms with Crippen molar-refractivity contribution >= 4 is 55.7 Å². The molecule has 1 amide bonds. The zero-order chi connectivity index (χ0) is 23.4. The molecular formula is C23H22ClN7O2S. The summed E-state index contributed by atoms with van der Waals surface area (Å²) in [5.74, 6) is 0.695. The molecule has 2 N–H and O–H groups in total. The summed E-state index contributed by atoms with van der Waals surface area (Å²) in [6.45, 7) is 4.41. The second-order valence-corrected chi connectivity index (χ2v) is 10.1. The van der Waals surface area contributed by atoms with E-state index in [9.17, 15) is 4.79 Å². The van der Waals surface area contributed by atoms with Crippen LogP contribution >= 0.6 is 22.9 Å². The number of rotatable bonds is 2. The summed E-state index contributed by atoms with van der Waals surface area (Å²) in [5.41, 5.74) is 4.08. The van der Waals surface area contributed by atoms with Gasteiger partial charge in [-0.3, -0.25) is 4.79 Å². The average Bonchev–Trinajstić information content (AvgIpc) is 3.00. The van der Waals surface area contributed by atoms with Gasteiger partial charge in [0.15, 0.2) is 0 Å². The van der Waals surface area contributed by atoms with Crippen LogP contribution in [0.3, 0.4) is 0 Å². The fourth-order valence-electron chi connectivity index (χ4n) is 4.46. The second kappa shape index (κ2) is 8.30. The SMILES string of the molecule is C[C@@H]1CNc2c(sc3ccc4nc(Oc5nc(Cl)nc6c5CCN(C)CC6)cnc4c23)C(=O)N1. The molecule has 0 fully saturated rings. The molecule has 1 aromatic carbocycles. The summed E-state index contributed by atoms with van der Waals surface area (Å²) in [5, 5.41) is 7.49. The Kier molecular flexibility index (Phi) is 5.23. The molecule has 0 spiro atoms. The molecule has 1 atom stereocenters. The van der Waals surface area contributed by atoms with Gasteiger partial charge in [0.05, 0.1) is 28.6 Å². The van der Waals surface area contributed by atoms with Gasteiger partial charge in [0, 0.05) is 47.7 Å². The Morgan fingerprint density at radius 2 is 2.06 bits per heavy atom. The van der Waals surface area contributed by atoms with Crippen molar-refractivity contribution < 1.29 is 9.53 Å². The largest absolute Gasteiger partial charge is 0.419 e. The van der Waals surface area contributed by atoms with E-state index in [0.717, 1.165) is 58.5 Å². The van der Waals surface area contributed by atoms with E-state index in [-0.39, 0.29) is 17.2 Å². The van der Waals surface area contributed by atoms with E-state index in [2.05, 4.69) is 37.5 Å². The lowest BCUT2D eigenvalue weighted by Crippen LogP contribution is -2.34. The first-order chi connectivity index (χ1) is 16.5. The number of carbonyl (C=O) groups is 1. The van der Waals surface area contributed by atoms with Crippen molar-refractivity contribution in [1.82, 2.24) is 30.2 Å². The van der Waals surface area contributed by atoms with E-state index in [4.69, 9.17) is 21.3 Å². The minimum atomic E-state index is -0.0678. The summed E-state index contributed by atoms with van der Waals surface area (Å²) < 4.78 is 7.09. The number of hydrogen-bond acceptors (Lipinski definition) is 9. The van der Waals surface area contributed by atoms with Crippen LogP contribution in [0.15, 0.2) is 18.3 Å². The van der Waals surface area contributed by atoms with Crippen LogP contribution in [-0.2, 0) is 12.8 Å². The normalized spacial score (nSPS) is 18.6. The first-order valence-corrected chi connectivity index (χ1v) is 12.3. The van der Waals surface area contributed by atoms with Gasteiger partial charge in [-0.05, 0) is 44.1 Å². The molecule has 2 aliphatic heterocycles. The first kappa shape index (κ1) is 21.5. The van der Waals surface area contributed by atoms with Gasteiger partial charge in [0.25, 0.3) is 5.91 Å². The molecule has 2 aliphatic rings. The maximum atomic E-state index is 12.6. The number of ether oxygens (including phenoxy) is 1. The molecule has 0 radical (unpaired) electrons. The number of nitrogens with zero attached hydrogens (tertiary/aromatic N) is 5. The van der Waals surface area contributed by atoms with Gasteiger partial charge in [-0.1, -0.05) is 0 Å². The molecule has 4 aromatic rings. The van der Waals surface area contributed by atoms with Gasteiger partial charge in [0.1, 0.15) is 4.88 Å². The van der Waals surface area contributed by atoms with E-state index in [1.807, 2.05) is 19.1 Å². The summed E-state index contributed by atoms with van der Waals surface area (Å²) in [4.78, 5) is 33.7. The number of anilines is 1. The number of carbonyl (C=O) groups excluding carboxylic acids is 1. The average molecular weight is 496 g/mol. The van der Waals surface area contributed by atoms with E-state index < -0.39 is 0 Å². The molecule has 0 saturated heterocycles. The van der Waals surface area contributed by atoms with Gasteiger partial charge in [-0.15, -0.1) is 11.3 Å². The lowest BCUT2D eigenvalue weighted by Gasteiger charge is -2.12. The molecule has 11 heteroatoms. The fourth-order valence-corrected chi connectivity index (χ4v) is 5.72. The van der Waals surface area contributed by atoms with Crippen LogP contribution in [0, 0.1) is 0 Å².